The second-order valence-electron chi connectivity index (χ2n) is 7.70. The number of hydrogen-bond acceptors (Lipinski definition) is 8. The van der Waals surface area contributed by atoms with E-state index in [9.17, 15) is 25.9 Å². The van der Waals surface area contributed by atoms with Crippen LogP contribution in [0.3, 0.4) is 0 Å². The van der Waals surface area contributed by atoms with Gasteiger partial charge in [-0.25, -0.2) is 0 Å². The molecular formula is C20H17N5O4. The minimum atomic E-state index is -2.08. The van der Waals surface area contributed by atoms with Gasteiger partial charge in [0.15, 0.2) is 5.41 Å². The third-order valence-electron chi connectivity index (χ3n) is 6.45. The Labute approximate surface area is 166 Å². The first-order valence-corrected chi connectivity index (χ1v) is 9.35. The molecule has 0 spiro atoms. The molecule has 9 heteroatoms. The van der Waals surface area contributed by atoms with Crippen molar-refractivity contribution in [3.8, 4) is 18.2 Å². The van der Waals surface area contributed by atoms with Crippen molar-refractivity contribution in [3.05, 3.63) is 39.9 Å². The Morgan fingerprint density at radius 2 is 1.93 bits per heavy atom. The summed E-state index contributed by atoms with van der Waals surface area (Å²) in [6.07, 6.45) is 2.04. The van der Waals surface area contributed by atoms with Crippen LogP contribution in [0, 0.1) is 66.3 Å². The van der Waals surface area contributed by atoms with E-state index < -0.39 is 39.5 Å². The number of nitrogens with zero attached hydrogens (tertiary/aromatic N) is 4. The van der Waals surface area contributed by atoms with Gasteiger partial charge in [0.1, 0.15) is 6.10 Å². The van der Waals surface area contributed by atoms with Gasteiger partial charge in [0.05, 0.1) is 29.0 Å². The van der Waals surface area contributed by atoms with Gasteiger partial charge in [-0.3, -0.25) is 15.5 Å². The van der Waals surface area contributed by atoms with Crippen molar-refractivity contribution >= 4 is 11.6 Å². The minimum Gasteiger partial charge on any atom is -0.447 e. The zero-order chi connectivity index (χ0) is 20.9. The zero-order valence-electron chi connectivity index (χ0n) is 15.4. The van der Waals surface area contributed by atoms with E-state index >= 15 is 0 Å². The first-order chi connectivity index (χ1) is 13.9. The average Bonchev–Trinajstić information content (AvgIpc) is 2.86. The van der Waals surface area contributed by atoms with Crippen LogP contribution in [0.2, 0.25) is 0 Å². The van der Waals surface area contributed by atoms with Crippen LogP contribution in [0.5, 0.6) is 0 Å². The molecule has 1 saturated carbocycles. The fraction of sp³-hybridized carbons (Fsp3) is 0.500. The fourth-order valence-corrected chi connectivity index (χ4v) is 5.14. The Morgan fingerprint density at radius 3 is 2.59 bits per heavy atom. The SMILES string of the molecule is N#CC1(C#N)C(c2cccc([N+](=O)[O-])c2)OC23CCCCCC2C1(C#N)C(=N)O3. The Hall–Kier alpha value is -3.48. The molecule has 0 radical (unpaired) electrons. The first kappa shape index (κ1) is 18.9. The summed E-state index contributed by atoms with van der Waals surface area (Å²) in [5.41, 5.74) is -3.87. The van der Waals surface area contributed by atoms with E-state index in [0.29, 0.717) is 12.8 Å². The number of nitriles is 3. The molecule has 1 aromatic rings. The second kappa shape index (κ2) is 6.27. The summed E-state index contributed by atoms with van der Waals surface area (Å²) in [4.78, 5) is 10.7. The fourth-order valence-electron chi connectivity index (χ4n) is 5.14. The summed E-state index contributed by atoms with van der Waals surface area (Å²) in [6.45, 7) is 0. The molecule has 3 fully saturated rings. The van der Waals surface area contributed by atoms with Crippen LogP contribution in [-0.4, -0.2) is 16.6 Å². The van der Waals surface area contributed by atoms with Gasteiger partial charge in [0.25, 0.3) is 5.69 Å². The molecule has 1 aliphatic carbocycles. The van der Waals surface area contributed by atoms with Gasteiger partial charge in [-0.05, 0) is 18.4 Å². The minimum absolute atomic E-state index is 0.217. The summed E-state index contributed by atoms with van der Waals surface area (Å²) >= 11 is 0. The molecule has 4 unspecified atom stereocenters. The predicted molar refractivity (Wildman–Crippen MR) is 96.7 cm³/mol. The third-order valence-corrected chi connectivity index (χ3v) is 6.45. The number of ether oxygens (including phenoxy) is 2. The summed E-state index contributed by atoms with van der Waals surface area (Å²) in [5.74, 6) is -2.36. The molecule has 2 saturated heterocycles. The van der Waals surface area contributed by atoms with Gasteiger partial charge in [-0.1, -0.05) is 25.0 Å². The second-order valence-corrected chi connectivity index (χ2v) is 7.70. The van der Waals surface area contributed by atoms with Crippen molar-refractivity contribution in [3.63, 3.8) is 0 Å². The topological polar surface area (TPSA) is 157 Å². The Bertz CT molecular complexity index is 1020. The highest BCUT2D eigenvalue weighted by atomic mass is 16.7. The Morgan fingerprint density at radius 1 is 1.17 bits per heavy atom. The normalized spacial score (nSPS) is 34.4. The molecule has 1 aromatic carbocycles. The van der Waals surface area contributed by atoms with Crippen molar-refractivity contribution in [1.29, 1.82) is 21.2 Å². The summed E-state index contributed by atoms with van der Waals surface area (Å²) in [7, 11) is 0. The van der Waals surface area contributed by atoms with Gasteiger partial charge in [-0.2, -0.15) is 15.8 Å². The maximum absolute atomic E-state index is 11.2. The number of non-ortho nitro benzene ring substituents is 1. The number of nitro groups is 1. The van der Waals surface area contributed by atoms with Crippen LogP contribution in [0.15, 0.2) is 24.3 Å². The lowest BCUT2D eigenvalue weighted by atomic mass is 9.52. The molecule has 9 nitrogen and oxygen atoms in total. The number of nitrogens with one attached hydrogen (secondary N) is 1. The lowest BCUT2D eigenvalue weighted by Gasteiger charge is -2.49. The molecule has 0 aromatic heterocycles. The monoisotopic (exact) mass is 391 g/mol. The Kier molecular flexibility index (Phi) is 4.08. The van der Waals surface area contributed by atoms with Crippen molar-refractivity contribution in [2.24, 2.45) is 16.7 Å². The highest BCUT2D eigenvalue weighted by Gasteiger charge is 2.80. The van der Waals surface area contributed by atoms with Crippen LogP contribution in [-0.2, 0) is 9.47 Å². The molecule has 2 bridgehead atoms. The quantitative estimate of drug-likeness (QED) is 0.597. The van der Waals surface area contributed by atoms with E-state index in [2.05, 4.69) is 6.07 Å². The van der Waals surface area contributed by atoms with Gasteiger partial charge < -0.3 is 9.47 Å². The molecule has 146 valence electrons. The van der Waals surface area contributed by atoms with Gasteiger partial charge in [0.2, 0.25) is 17.1 Å². The van der Waals surface area contributed by atoms with E-state index in [1.165, 1.54) is 24.3 Å². The maximum Gasteiger partial charge on any atom is 0.269 e. The van der Waals surface area contributed by atoms with E-state index in [1.54, 1.807) is 0 Å². The number of rotatable bonds is 2. The lowest BCUT2D eigenvalue weighted by molar-refractivity contribution is -0.385. The smallest absolute Gasteiger partial charge is 0.269 e. The van der Waals surface area contributed by atoms with Crippen molar-refractivity contribution in [2.75, 3.05) is 0 Å². The third kappa shape index (κ3) is 2.18. The zero-order valence-corrected chi connectivity index (χ0v) is 15.4. The summed E-state index contributed by atoms with van der Waals surface area (Å²) in [5, 5.41) is 50.3. The van der Waals surface area contributed by atoms with Crippen LogP contribution >= 0.6 is 0 Å². The molecule has 29 heavy (non-hydrogen) atoms. The van der Waals surface area contributed by atoms with Gasteiger partial charge >= 0.3 is 0 Å². The Balaban J connectivity index is 1.99. The van der Waals surface area contributed by atoms with E-state index in [0.717, 1.165) is 19.3 Å². The van der Waals surface area contributed by atoms with Crippen molar-refractivity contribution in [1.82, 2.24) is 0 Å². The first-order valence-electron chi connectivity index (χ1n) is 9.35. The van der Waals surface area contributed by atoms with Crippen LogP contribution in [0.25, 0.3) is 0 Å². The highest BCUT2D eigenvalue weighted by Crippen LogP contribution is 2.69. The molecule has 3 aliphatic rings. The van der Waals surface area contributed by atoms with Crippen LogP contribution in [0.1, 0.15) is 43.8 Å². The molecular weight excluding hydrogens is 374 g/mol. The average molecular weight is 391 g/mol. The predicted octanol–water partition coefficient (Wildman–Crippen LogP) is 3.49. The van der Waals surface area contributed by atoms with E-state index in [4.69, 9.17) is 14.9 Å². The molecule has 1 N–H and O–H groups in total. The highest BCUT2D eigenvalue weighted by molar-refractivity contribution is 5.89. The van der Waals surface area contributed by atoms with Crippen LogP contribution < -0.4 is 0 Å². The van der Waals surface area contributed by atoms with Crippen molar-refractivity contribution < 1.29 is 14.4 Å². The van der Waals surface area contributed by atoms with Gasteiger partial charge in [-0.15, -0.1) is 0 Å². The molecule has 4 atom stereocenters. The molecule has 4 rings (SSSR count). The molecule has 2 heterocycles. The standard InChI is InChI=1S/C20H17N5O4/c21-10-18(11-22)16(13-5-4-6-14(9-13)25(26)27)28-20-8-3-1-2-7-15(20)19(18,12-23)17(24)29-20/h4-6,9,15-16,24H,1-3,7-8H2. The summed E-state index contributed by atoms with van der Waals surface area (Å²) < 4.78 is 12.1. The van der Waals surface area contributed by atoms with Crippen molar-refractivity contribution in [2.45, 2.75) is 44.0 Å². The number of benzene rings is 1. The maximum atomic E-state index is 11.2. The summed E-state index contributed by atoms with van der Waals surface area (Å²) in [6, 6.07) is 11.6. The largest absolute Gasteiger partial charge is 0.447 e. The van der Waals surface area contributed by atoms with E-state index in [1.807, 2.05) is 12.1 Å². The molecule has 2 aliphatic heterocycles. The number of nitro benzene ring substituents is 1. The van der Waals surface area contributed by atoms with E-state index in [-0.39, 0.29) is 11.3 Å². The van der Waals surface area contributed by atoms with Crippen LogP contribution in [0.4, 0.5) is 5.69 Å². The van der Waals surface area contributed by atoms with Gasteiger partial charge in [0, 0.05) is 18.6 Å². The number of hydrogen-bond donors (Lipinski definition) is 1. The lowest BCUT2D eigenvalue weighted by Crippen LogP contribution is -2.59. The molecule has 0 amide bonds.